The van der Waals surface area contributed by atoms with Crippen LogP contribution in [0.1, 0.15) is 128 Å². The molecule has 0 bridgehead atoms. The van der Waals surface area contributed by atoms with Crippen LogP contribution in [0.2, 0.25) is 0 Å². The van der Waals surface area contributed by atoms with Gasteiger partial charge >= 0.3 is 59.6 Å². The maximum atomic E-state index is 12.9. The third-order valence-corrected chi connectivity index (χ3v) is 18.6. The zero-order valence-electron chi connectivity index (χ0n) is 76.2. The van der Waals surface area contributed by atoms with Gasteiger partial charge in [-0.25, -0.2) is 53.1 Å². The number of carbonyl (C=O) groups excluding carboxylic acids is 8. The molecule has 133 heavy (non-hydrogen) atoms. The minimum atomic E-state index is -0.983. The number of alkyl carbamates (subject to hydrolysis) is 4. The second kappa shape index (κ2) is 48.5. The first kappa shape index (κ1) is 101. The van der Waals surface area contributed by atoms with Crippen LogP contribution in [0.25, 0.3) is 16.7 Å². The van der Waals surface area contributed by atoms with Crippen molar-refractivity contribution in [3.8, 4) is 5.69 Å². The number of pyridine rings is 2. The highest BCUT2D eigenvalue weighted by atomic mass is 16.6. The van der Waals surface area contributed by atoms with Gasteiger partial charge in [0.15, 0.2) is 5.82 Å². The molecule has 0 saturated carbocycles. The molecule has 4 amide bonds. The normalized spacial score (nSPS) is 12.0. The number of amides is 4. The summed E-state index contributed by atoms with van der Waals surface area (Å²) in [7, 11) is 0. The number of hydrogen-bond donors (Lipinski definition) is 9. The molecule has 3 aromatic heterocycles. The smallest absolute Gasteiger partial charge is 0.408 e. The first-order valence-electron chi connectivity index (χ1n) is 42.7. The molecular formula is C101H113N13O19. The summed E-state index contributed by atoms with van der Waals surface area (Å²) in [5.74, 6) is -1.53. The predicted octanol–water partition coefficient (Wildman–Crippen LogP) is 17.4. The standard InChI is InChI=1S/C28H29N3O5.C26H28N4O6.C26H30N4O4.C21H26N2O4/c1-28(2,3)36-25(32)23(30-27(34)35-18-20-9-5-4-6-10-20)17-19-13-15-21(16-14-19)31-24-12-8-7-11-22(24)29-26(31)33;1-26(2,3)36-24(31)21(29-25(32)35-17-19-8-5-4-6-9-19)16-18-11-13-20(14-12-18)28-23-22(30(33)34)10-7-15-27-23;1-26(2,3)34-24(31)22(30-25(32)33-17-19-8-5-4-6-9-19)16-18-11-13-20(14-12-18)29-23-21(27)10-7-15-28-23;1-21(2,3)27-19(24)18(13-15-9-11-17(22)12-10-15)23-20(25)26-14-16-7-5-4-6-8-16/h4-16,23H,17-18H2,1-3H3,(H,29,33)(H,30,34);4-15,21H,16-17H2,1-3H3,(H,27,28)(H,29,32);4-15,22H,16-17,27H2,1-3H3,(H,28,29)(H,30,32);4-12,18H,13-14,22H2,1-3H3,(H,23,25)/t23-;21-;22-;18-/m0001/s1. The number of anilines is 6. The van der Waals surface area contributed by atoms with Crippen LogP contribution in [0.5, 0.6) is 0 Å². The summed E-state index contributed by atoms with van der Waals surface area (Å²) in [6.45, 7) is 21.6. The Bertz CT molecular complexity index is 5870. The van der Waals surface area contributed by atoms with Gasteiger partial charge < -0.3 is 86.2 Å². The highest BCUT2D eigenvalue weighted by Gasteiger charge is 2.33. The molecule has 0 saturated heterocycles. The number of nitrogens with zero attached hydrogens (tertiary/aromatic N) is 4. The average Bonchev–Trinajstić information content (AvgIpc) is 1.64. The molecule has 0 aliphatic carbocycles. The molecule has 12 aromatic rings. The van der Waals surface area contributed by atoms with E-state index in [4.69, 9.17) is 49.4 Å². The van der Waals surface area contributed by atoms with Crippen molar-refractivity contribution in [2.75, 3.05) is 22.1 Å². The molecule has 0 aliphatic rings. The number of imidazole rings is 1. The van der Waals surface area contributed by atoms with Crippen molar-refractivity contribution in [3.63, 3.8) is 0 Å². The fourth-order valence-corrected chi connectivity index (χ4v) is 12.5. The Morgan fingerprint density at radius 2 is 0.662 bits per heavy atom. The summed E-state index contributed by atoms with van der Waals surface area (Å²) in [4.78, 5) is 135. The largest absolute Gasteiger partial charge is 0.458 e. The van der Waals surface area contributed by atoms with E-state index in [1.165, 1.54) is 18.3 Å². The molecule has 12 rings (SSSR count). The van der Waals surface area contributed by atoms with E-state index in [0.29, 0.717) is 28.6 Å². The summed E-state index contributed by atoms with van der Waals surface area (Å²) >= 11 is 0. The second-order valence-corrected chi connectivity index (χ2v) is 34.4. The number of carbonyl (C=O) groups is 8. The van der Waals surface area contributed by atoms with Gasteiger partial charge in [0.1, 0.15) is 73.0 Å². The van der Waals surface area contributed by atoms with Gasteiger partial charge in [0.05, 0.1) is 27.3 Å². The van der Waals surface area contributed by atoms with Gasteiger partial charge in [-0.15, -0.1) is 0 Å². The Morgan fingerprint density at radius 3 is 0.985 bits per heavy atom. The number of nitrogens with two attached hydrogens (primary N) is 2. The third kappa shape index (κ3) is 35.9. The van der Waals surface area contributed by atoms with E-state index < -0.39 is 99.7 Å². The van der Waals surface area contributed by atoms with Crippen LogP contribution >= 0.6 is 0 Å². The van der Waals surface area contributed by atoms with Crippen molar-refractivity contribution in [1.29, 1.82) is 0 Å². The highest BCUT2D eigenvalue weighted by molar-refractivity contribution is 5.85. The van der Waals surface area contributed by atoms with E-state index in [1.54, 1.807) is 155 Å². The molecule has 0 spiro atoms. The molecule has 3 heterocycles. The molecule has 4 atom stereocenters. The number of hydrogen-bond acceptors (Lipinski definition) is 25. The fraction of sp³-hybridized carbons (Fsp3) is 0.277. The van der Waals surface area contributed by atoms with Crippen LogP contribution in [0.3, 0.4) is 0 Å². The number of benzene rings is 9. The topological polar surface area (TPSA) is 441 Å². The quantitative estimate of drug-likeness (QED) is 0.00664. The minimum Gasteiger partial charge on any atom is -0.458 e. The molecule has 0 radical (unpaired) electrons. The lowest BCUT2D eigenvalue weighted by Crippen LogP contribution is -2.45. The summed E-state index contributed by atoms with van der Waals surface area (Å²) in [6, 6.07) is 75.9. The third-order valence-electron chi connectivity index (χ3n) is 18.6. The lowest BCUT2D eigenvalue weighted by molar-refractivity contribution is -0.384. The van der Waals surface area contributed by atoms with Crippen molar-refractivity contribution < 1.29 is 81.2 Å². The Balaban J connectivity index is 0.000000200. The molecule has 696 valence electrons. The number of para-hydroxylation sites is 2. The van der Waals surface area contributed by atoms with Crippen LogP contribution in [0.4, 0.5) is 59.3 Å². The molecule has 32 heteroatoms. The van der Waals surface area contributed by atoms with Crippen LogP contribution in [-0.4, -0.2) is 119 Å². The van der Waals surface area contributed by atoms with E-state index in [-0.39, 0.29) is 69.3 Å². The van der Waals surface area contributed by atoms with Gasteiger partial charge in [0.2, 0.25) is 5.82 Å². The fourth-order valence-electron chi connectivity index (χ4n) is 12.5. The van der Waals surface area contributed by atoms with Crippen molar-refractivity contribution in [1.82, 2.24) is 40.8 Å². The van der Waals surface area contributed by atoms with Crippen molar-refractivity contribution in [2.45, 2.75) is 182 Å². The number of nitrogens with one attached hydrogen (secondary N) is 7. The molecular weight excluding hydrogens is 1700 g/mol. The number of aromatic nitrogens is 4. The van der Waals surface area contributed by atoms with Crippen LogP contribution in [0, 0.1) is 10.1 Å². The Kier molecular flexibility index (Phi) is 36.8. The average molecular weight is 1810 g/mol. The molecule has 9 aromatic carbocycles. The van der Waals surface area contributed by atoms with E-state index >= 15 is 0 Å². The highest BCUT2D eigenvalue weighted by Crippen LogP contribution is 2.28. The number of esters is 4. The Hall–Kier alpha value is -15.9. The second-order valence-electron chi connectivity index (χ2n) is 34.4. The van der Waals surface area contributed by atoms with Crippen molar-refractivity contribution >= 4 is 99.4 Å². The van der Waals surface area contributed by atoms with Crippen LogP contribution in [-0.2, 0) is 109 Å². The Morgan fingerprint density at radius 1 is 0.368 bits per heavy atom. The number of nitro groups is 1. The summed E-state index contributed by atoms with van der Waals surface area (Å²) < 4.78 is 44.6. The zero-order valence-corrected chi connectivity index (χ0v) is 76.2. The number of fused-ring (bicyclic) bond motifs is 1. The monoisotopic (exact) mass is 1810 g/mol. The van der Waals surface area contributed by atoms with E-state index in [2.05, 4.69) is 46.9 Å². The number of aromatic amines is 1. The van der Waals surface area contributed by atoms with Crippen molar-refractivity contribution in [3.05, 3.63) is 344 Å². The minimum absolute atomic E-state index is 0.0632. The van der Waals surface area contributed by atoms with Gasteiger partial charge in [0.25, 0.3) is 0 Å². The molecule has 0 unspecified atom stereocenters. The van der Waals surface area contributed by atoms with Gasteiger partial charge in [-0.3, -0.25) is 14.7 Å². The maximum absolute atomic E-state index is 12.9. The molecule has 11 N–H and O–H groups in total. The summed E-state index contributed by atoms with van der Waals surface area (Å²) in [6.07, 6.45) is 1.15. The molecule has 0 aliphatic heterocycles. The lowest BCUT2D eigenvalue weighted by Gasteiger charge is -2.24. The van der Waals surface area contributed by atoms with Gasteiger partial charge in [-0.2, -0.15) is 0 Å². The summed E-state index contributed by atoms with van der Waals surface area (Å²) in [5.41, 5.74) is 19.7. The molecule has 0 fully saturated rings. The Labute approximate surface area is 771 Å². The first-order valence-corrected chi connectivity index (χ1v) is 42.7. The van der Waals surface area contributed by atoms with Crippen molar-refractivity contribution in [2.24, 2.45) is 0 Å². The summed E-state index contributed by atoms with van der Waals surface area (Å²) in [5, 5.41) is 27.8. The van der Waals surface area contributed by atoms with Crippen LogP contribution < -0.4 is 49.1 Å². The number of H-pyrrole nitrogens is 1. The van der Waals surface area contributed by atoms with E-state index in [0.717, 1.165) is 61.2 Å². The zero-order chi connectivity index (χ0) is 96.3. The van der Waals surface area contributed by atoms with Gasteiger partial charge in [0, 0.05) is 61.2 Å². The number of nitrogen functional groups attached to an aromatic ring is 2. The van der Waals surface area contributed by atoms with E-state index in [1.807, 2.05) is 194 Å². The van der Waals surface area contributed by atoms with Gasteiger partial charge in [-0.1, -0.05) is 182 Å². The lowest BCUT2D eigenvalue weighted by atomic mass is 10.0. The van der Waals surface area contributed by atoms with Crippen LogP contribution in [0.15, 0.2) is 284 Å². The maximum Gasteiger partial charge on any atom is 0.408 e. The number of ether oxygens (including phenoxy) is 8. The SMILES string of the molecule is CC(C)(C)OC(=O)[C@@H](Cc1ccc(N)cc1)NC(=O)OCc1ccccc1.CC(C)(C)OC(=O)[C@H](Cc1ccc(-n2c(=O)[nH]c3ccccc32)cc1)NC(=O)OCc1ccccc1.CC(C)(C)OC(=O)[C@H](Cc1ccc(Nc2ncccc2N)cc1)NC(=O)OCc1ccccc1.CC(C)(C)OC(=O)[C@H](Cc1ccc(Nc2ncccc2[N+](=O)[O-])cc1)NC(=O)OCc1ccccc1. The first-order chi connectivity index (χ1) is 63.2. The predicted molar refractivity (Wildman–Crippen MR) is 506 cm³/mol. The van der Waals surface area contributed by atoms with E-state index in [9.17, 15) is 53.3 Å². The van der Waals surface area contributed by atoms with Gasteiger partial charge in [-0.05, 0) is 206 Å². The number of rotatable bonds is 30. The molecule has 32 nitrogen and oxygen atoms in total.